The molecular formula is C38H49N3O4. The number of anilines is 1. The molecule has 0 heterocycles. The van der Waals surface area contributed by atoms with Gasteiger partial charge in [0.25, 0.3) is 5.91 Å². The third-order valence-electron chi connectivity index (χ3n) is 7.54. The Balaban J connectivity index is 2.15. The summed E-state index contributed by atoms with van der Waals surface area (Å²) in [4.78, 5) is 43.8. The number of rotatable bonds is 12. The maximum atomic E-state index is 14.7. The van der Waals surface area contributed by atoms with Crippen LogP contribution in [0, 0.1) is 24.2 Å². The van der Waals surface area contributed by atoms with E-state index >= 15 is 0 Å². The lowest BCUT2D eigenvalue weighted by atomic mass is 9.93. The molecule has 0 aliphatic heterocycles. The Bertz CT molecular complexity index is 1520. The van der Waals surface area contributed by atoms with Crippen molar-refractivity contribution in [3.8, 4) is 12.3 Å². The molecule has 240 valence electrons. The molecule has 0 aromatic heterocycles. The molecule has 0 saturated heterocycles. The summed E-state index contributed by atoms with van der Waals surface area (Å²) in [5.41, 5.74) is 0.928. The molecule has 3 unspecified atom stereocenters. The van der Waals surface area contributed by atoms with Crippen molar-refractivity contribution in [2.24, 2.45) is 11.8 Å². The van der Waals surface area contributed by atoms with Gasteiger partial charge in [0.1, 0.15) is 17.7 Å². The first-order chi connectivity index (χ1) is 21.2. The van der Waals surface area contributed by atoms with E-state index in [4.69, 9.17) is 11.2 Å². The summed E-state index contributed by atoms with van der Waals surface area (Å²) in [5, 5.41) is 7.93. The molecule has 7 nitrogen and oxygen atoms in total. The molecular weight excluding hydrogens is 562 g/mol. The van der Waals surface area contributed by atoms with Gasteiger partial charge in [0.05, 0.1) is 0 Å². The lowest BCUT2D eigenvalue weighted by molar-refractivity contribution is -0.144. The minimum atomic E-state index is -1.06. The topological polar surface area (TPSA) is 87.7 Å². The van der Waals surface area contributed by atoms with Crippen molar-refractivity contribution in [2.75, 3.05) is 5.32 Å². The predicted octanol–water partition coefficient (Wildman–Crippen LogP) is 8.09. The van der Waals surface area contributed by atoms with E-state index < -0.39 is 29.7 Å². The number of nitrogens with one attached hydrogen (secondary N) is 2. The summed E-state index contributed by atoms with van der Waals surface area (Å²) in [6.45, 7) is 15.5. The smallest absolute Gasteiger partial charge is 0.408 e. The second-order valence-corrected chi connectivity index (χ2v) is 13.6. The highest BCUT2D eigenvalue weighted by Gasteiger charge is 2.40. The largest absolute Gasteiger partial charge is 0.444 e. The van der Waals surface area contributed by atoms with E-state index in [1.807, 2.05) is 75.4 Å². The number of carbonyl (C=O) groups is 3. The minimum absolute atomic E-state index is 0.0737. The molecule has 0 aliphatic carbocycles. The number of amides is 3. The normalized spacial score (nSPS) is 13.5. The predicted molar refractivity (Wildman–Crippen MR) is 183 cm³/mol. The second-order valence-electron chi connectivity index (χ2n) is 13.6. The van der Waals surface area contributed by atoms with Crippen molar-refractivity contribution < 1.29 is 19.1 Å². The first-order valence-corrected chi connectivity index (χ1v) is 15.9. The summed E-state index contributed by atoms with van der Waals surface area (Å²) in [5.74, 6) is 2.42. The Morgan fingerprint density at radius 2 is 1.51 bits per heavy atom. The van der Waals surface area contributed by atoms with Crippen LogP contribution in [0.1, 0.15) is 91.8 Å². The molecule has 0 aliphatic rings. The van der Waals surface area contributed by atoms with Gasteiger partial charge in [0.15, 0.2) is 0 Å². The Morgan fingerprint density at radius 1 is 0.867 bits per heavy atom. The molecule has 3 aromatic carbocycles. The average Bonchev–Trinajstić information content (AvgIpc) is 2.96. The SMILES string of the molecule is C#Cc1ccccc1C(C(=O)Nc1ccc2ccccc2c1)N(C(=O)C(CC(C)C)NC(=O)OC(C)(C)C)C(C)CCC(C)C. The fraction of sp³-hybridized carbons (Fsp3) is 0.447. The number of benzene rings is 3. The van der Waals surface area contributed by atoms with Crippen LogP contribution in [0.2, 0.25) is 0 Å². The van der Waals surface area contributed by atoms with Crippen LogP contribution in [-0.4, -0.2) is 40.5 Å². The molecule has 0 radical (unpaired) electrons. The maximum Gasteiger partial charge on any atom is 0.408 e. The maximum absolute atomic E-state index is 14.7. The van der Waals surface area contributed by atoms with E-state index in [9.17, 15) is 14.4 Å². The zero-order chi connectivity index (χ0) is 33.3. The van der Waals surface area contributed by atoms with Crippen molar-refractivity contribution in [3.63, 3.8) is 0 Å². The molecule has 3 atom stereocenters. The van der Waals surface area contributed by atoms with Crippen LogP contribution in [-0.2, 0) is 14.3 Å². The van der Waals surface area contributed by atoms with Crippen LogP contribution in [0.25, 0.3) is 10.8 Å². The van der Waals surface area contributed by atoms with Crippen LogP contribution in [0.3, 0.4) is 0 Å². The Labute approximate surface area is 269 Å². The number of carbonyl (C=O) groups excluding carboxylic acids is 3. The van der Waals surface area contributed by atoms with Crippen LogP contribution >= 0.6 is 0 Å². The highest BCUT2D eigenvalue weighted by atomic mass is 16.6. The van der Waals surface area contributed by atoms with Gasteiger partial charge >= 0.3 is 6.09 Å². The molecule has 0 saturated carbocycles. The van der Waals surface area contributed by atoms with Crippen molar-refractivity contribution in [3.05, 3.63) is 77.9 Å². The van der Waals surface area contributed by atoms with Crippen molar-refractivity contribution >= 4 is 34.4 Å². The van der Waals surface area contributed by atoms with E-state index in [2.05, 4.69) is 30.4 Å². The molecule has 2 N–H and O–H groups in total. The molecule has 0 fully saturated rings. The molecule has 3 aromatic rings. The quantitative estimate of drug-likeness (QED) is 0.203. The Hall–Kier alpha value is -4.31. The number of terminal acetylenes is 1. The first-order valence-electron chi connectivity index (χ1n) is 15.9. The molecule has 45 heavy (non-hydrogen) atoms. The van der Waals surface area contributed by atoms with Crippen molar-refractivity contribution in [2.45, 2.75) is 98.4 Å². The number of alkyl carbamates (subject to hydrolysis) is 1. The lowest BCUT2D eigenvalue weighted by Crippen LogP contribution is -2.55. The third kappa shape index (κ3) is 10.1. The summed E-state index contributed by atoms with van der Waals surface area (Å²) < 4.78 is 5.54. The van der Waals surface area contributed by atoms with Gasteiger partial charge in [0, 0.05) is 17.3 Å². The van der Waals surface area contributed by atoms with Crippen LogP contribution < -0.4 is 10.6 Å². The first kappa shape index (κ1) is 35.2. The van der Waals surface area contributed by atoms with Gasteiger partial charge < -0.3 is 20.3 Å². The van der Waals surface area contributed by atoms with Gasteiger partial charge in [-0.25, -0.2) is 4.79 Å². The molecule has 3 amide bonds. The van der Waals surface area contributed by atoms with Crippen LogP contribution in [0.15, 0.2) is 66.7 Å². The average molecular weight is 612 g/mol. The zero-order valence-electron chi connectivity index (χ0n) is 28.0. The zero-order valence-corrected chi connectivity index (χ0v) is 28.0. The van der Waals surface area contributed by atoms with E-state index in [0.717, 1.165) is 17.2 Å². The lowest BCUT2D eigenvalue weighted by Gasteiger charge is -2.39. The van der Waals surface area contributed by atoms with Gasteiger partial charge in [0.2, 0.25) is 5.91 Å². The third-order valence-corrected chi connectivity index (χ3v) is 7.54. The molecule has 3 rings (SSSR count). The van der Waals surface area contributed by atoms with Gasteiger partial charge in [-0.05, 0) is 93.3 Å². The van der Waals surface area contributed by atoms with E-state index in [-0.39, 0.29) is 17.9 Å². The summed E-state index contributed by atoms with van der Waals surface area (Å²) in [6.07, 6.45) is 7.12. The van der Waals surface area contributed by atoms with Crippen LogP contribution in [0.5, 0.6) is 0 Å². The van der Waals surface area contributed by atoms with E-state index in [1.54, 1.807) is 37.8 Å². The minimum Gasteiger partial charge on any atom is -0.444 e. The Morgan fingerprint density at radius 3 is 2.13 bits per heavy atom. The van der Waals surface area contributed by atoms with Gasteiger partial charge in [-0.2, -0.15) is 0 Å². The standard InChI is InChI=1S/C38H49N3O4/c1-10-28-15-13-14-18-32(28)34(35(42)39-31-22-21-29-16-11-12-17-30(29)24-31)41(27(6)20-19-25(2)3)36(43)33(23-26(4)5)40-37(44)45-38(7,8)9/h1,11-18,21-22,24-27,33-34H,19-20,23H2,2-9H3,(H,39,42)(H,40,44). The van der Waals surface area contributed by atoms with Gasteiger partial charge in [-0.1, -0.05) is 82.1 Å². The molecule has 7 heteroatoms. The summed E-state index contributed by atoms with van der Waals surface area (Å²) >= 11 is 0. The van der Waals surface area contributed by atoms with Crippen molar-refractivity contribution in [1.82, 2.24) is 10.2 Å². The number of hydrogen-bond acceptors (Lipinski definition) is 4. The second kappa shape index (κ2) is 15.6. The summed E-state index contributed by atoms with van der Waals surface area (Å²) in [7, 11) is 0. The van der Waals surface area contributed by atoms with Crippen LogP contribution in [0.4, 0.5) is 10.5 Å². The summed E-state index contributed by atoms with van der Waals surface area (Å²) in [6, 6.07) is 18.5. The highest BCUT2D eigenvalue weighted by Crippen LogP contribution is 2.32. The fourth-order valence-corrected chi connectivity index (χ4v) is 5.40. The molecule has 0 spiro atoms. The Kier molecular flexibility index (Phi) is 12.2. The molecule has 0 bridgehead atoms. The number of hydrogen-bond donors (Lipinski definition) is 2. The highest BCUT2D eigenvalue weighted by molar-refractivity contribution is 6.00. The van der Waals surface area contributed by atoms with E-state index in [1.165, 1.54) is 0 Å². The monoisotopic (exact) mass is 611 g/mol. The van der Waals surface area contributed by atoms with Gasteiger partial charge in [-0.3, -0.25) is 9.59 Å². The number of ether oxygens (including phenoxy) is 1. The number of nitrogens with zero attached hydrogens (tertiary/aromatic N) is 1. The van der Waals surface area contributed by atoms with Crippen molar-refractivity contribution in [1.29, 1.82) is 0 Å². The fourth-order valence-electron chi connectivity index (χ4n) is 5.40. The number of fused-ring (bicyclic) bond motifs is 1. The van der Waals surface area contributed by atoms with Gasteiger partial charge in [-0.15, -0.1) is 6.42 Å². The van der Waals surface area contributed by atoms with E-state index in [0.29, 0.717) is 35.6 Å².